The van der Waals surface area contributed by atoms with Crippen LogP contribution < -0.4 is 0 Å². The molecule has 4 heteroatoms. The number of amides is 1. The van der Waals surface area contributed by atoms with Crippen molar-refractivity contribution in [1.82, 2.24) is 4.90 Å². The highest BCUT2D eigenvalue weighted by Crippen LogP contribution is 2.14. The van der Waals surface area contributed by atoms with E-state index in [1.54, 1.807) is 11.0 Å². The van der Waals surface area contributed by atoms with Gasteiger partial charge in [0.05, 0.1) is 6.10 Å². The fraction of sp³-hybridized carbons (Fsp3) is 0.357. The third kappa shape index (κ3) is 3.68. The number of carbonyl (C=O) groups excluding carboxylic acids is 1. The van der Waals surface area contributed by atoms with Crippen LogP contribution in [0, 0.1) is 0 Å². The molecule has 2 rings (SSSR count). The molecular formula is C14H16BrNO2. The number of aliphatic hydroxyl groups is 1. The normalized spacial score (nSPS) is 17.3. The molecule has 1 fully saturated rings. The third-order valence-electron chi connectivity index (χ3n) is 3.04. The van der Waals surface area contributed by atoms with Gasteiger partial charge in [-0.05, 0) is 36.6 Å². The van der Waals surface area contributed by atoms with Gasteiger partial charge < -0.3 is 10.0 Å². The van der Waals surface area contributed by atoms with Crippen LogP contribution in [0.5, 0.6) is 0 Å². The Hall–Kier alpha value is -1.13. The Morgan fingerprint density at radius 3 is 2.78 bits per heavy atom. The summed E-state index contributed by atoms with van der Waals surface area (Å²) in [5.41, 5.74) is 0.995. The van der Waals surface area contributed by atoms with Crippen LogP contribution in [0.25, 0.3) is 6.08 Å². The van der Waals surface area contributed by atoms with Crippen molar-refractivity contribution in [2.45, 2.75) is 18.9 Å². The number of halogens is 1. The lowest BCUT2D eigenvalue weighted by Gasteiger charge is -2.28. The summed E-state index contributed by atoms with van der Waals surface area (Å²) in [4.78, 5) is 13.7. The van der Waals surface area contributed by atoms with E-state index >= 15 is 0 Å². The first-order valence-corrected chi connectivity index (χ1v) is 6.85. The lowest BCUT2D eigenvalue weighted by atomic mass is 10.1. The summed E-state index contributed by atoms with van der Waals surface area (Å²) in [5, 5.41) is 9.39. The lowest BCUT2D eigenvalue weighted by Crippen LogP contribution is -2.39. The largest absolute Gasteiger partial charge is 0.393 e. The Morgan fingerprint density at radius 1 is 1.39 bits per heavy atom. The molecule has 1 heterocycles. The first-order valence-electron chi connectivity index (χ1n) is 6.06. The summed E-state index contributed by atoms with van der Waals surface area (Å²) >= 11 is 3.40. The molecular weight excluding hydrogens is 294 g/mol. The minimum atomic E-state index is -0.247. The number of rotatable bonds is 2. The Morgan fingerprint density at radius 2 is 2.11 bits per heavy atom. The van der Waals surface area contributed by atoms with Crippen molar-refractivity contribution in [2.24, 2.45) is 0 Å². The van der Waals surface area contributed by atoms with Crippen molar-refractivity contribution in [2.75, 3.05) is 13.1 Å². The standard InChI is InChI=1S/C14H16BrNO2/c15-12-3-1-2-11(10-12)4-5-14(18)16-8-6-13(17)7-9-16/h1-5,10,13,17H,6-9H2. The average Bonchev–Trinajstić information content (AvgIpc) is 2.37. The van der Waals surface area contributed by atoms with Crippen LogP contribution in [0.15, 0.2) is 34.8 Å². The van der Waals surface area contributed by atoms with Crippen molar-refractivity contribution >= 4 is 27.9 Å². The summed E-state index contributed by atoms with van der Waals surface area (Å²) in [6.45, 7) is 1.28. The molecule has 0 radical (unpaired) electrons. The molecule has 1 aliphatic rings. The maximum atomic E-state index is 11.9. The SMILES string of the molecule is O=C(C=Cc1cccc(Br)c1)N1CCC(O)CC1. The zero-order chi connectivity index (χ0) is 13.0. The number of nitrogens with zero attached hydrogens (tertiary/aromatic N) is 1. The molecule has 1 aromatic carbocycles. The molecule has 1 aliphatic heterocycles. The maximum Gasteiger partial charge on any atom is 0.246 e. The maximum absolute atomic E-state index is 11.9. The van der Waals surface area contributed by atoms with Gasteiger partial charge in [-0.3, -0.25) is 4.79 Å². The highest BCUT2D eigenvalue weighted by molar-refractivity contribution is 9.10. The highest BCUT2D eigenvalue weighted by atomic mass is 79.9. The second kappa shape index (κ2) is 6.16. The zero-order valence-electron chi connectivity index (χ0n) is 10.1. The van der Waals surface area contributed by atoms with Crippen LogP contribution in [0.3, 0.4) is 0 Å². The number of likely N-dealkylation sites (tertiary alicyclic amines) is 1. The molecule has 1 N–H and O–H groups in total. The van der Waals surface area contributed by atoms with Gasteiger partial charge in [0.2, 0.25) is 5.91 Å². The third-order valence-corrected chi connectivity index (χ3v) is 3.54. The van der Waals surface area contributed by atoms with E-state index in [1.807, 2.05) is 30.3 Å². The van der Waals surface area contributed by atoms with Crippen molar-refractivity contribution in [3.8, 4) is 0 Å². The van der Waals surface area contributed by atoms with Gasteiger partial charge in [-0.25, -0.2) is 0 Å². The van der Waals surface area contributed by atoms with Crippen molar-refractivity contribution < 1.29 is 9.90 Å². The van der Waals surface area contributed by atoms with E-state index in [0.717, 1.165) is 10.0 Å². The number of hydrogen-bond donors (Lipinski definition) is 1. The molecule has 1 amide bonds. The molecule has 0 saturated carbocycles. The lowest BCUT2D eigenvalue weighted by molar-refractivity contribution is -0.127. The molecule has 0 aromatic heterocycles. The fourth-order valence-electron chi connectivity index (χ4n) is 1.97. The number of benzene rings is 1. The van der Waals surface area contributed by atoms with E-state index < -0.39 is 0 Å². The molecule has 0 spiro atoms. The van der Waals surface area contributed by atoms with E-state index in [2.05, 4.69) is 15.9 Å². The zero-order valence-corrected chi connectivity index (χ0v) is 11.6. The van der Waals surface area contributed by atoms with Gasteiger partial charge in [-0.1, -0.05) is 28.1 Å². The molecule has 96 valence electrons. The van der Waals surface area contributed by atoms with Gasteiger partial charge in [-0.15, -0.1) is 0 Å². The smallest absolute Gasteiger partial charge is 0.246 e. The average molecular weight is 310 g/mol. The van der Waals surface area contributed by atoms with Gasteiger partial charge in [0, 0.05) is 23.6 Å². The van der Waals surface area contributed by atoms with Crippen LogP contribution >= 0.6 is 15.9 Å². The predicted molar refractivity (Wildman–Crippen MR) is 75.0 cm³/mol. The molecule has 0 aliphatic carbocycles. The highest BCUT2D eigenvalue weighted by Gasteiger charge is 2.19. The first kappa shape index (κ1) is 13.3. The van der Waals surface area contributed by atoms with Crippen LogP contribution in [0.1, 0.15) is 18.4 Å². The monoisotopic (exact) mass is 309 g/mol. The summed E-state index contributed by atoms with van der Waals surface area (Å²) < 4.78 is 0.998. The number of aliphatic hydroxyl groups excluding tert-OH is 1. The first-order chi connectivity index (χ1) is 8.65. The predicted octanol–water partition coefficient (Wildman–Crippen LogP) is 2.45. The summed E-state index contributed by atoms with van der Waals surface area (Å²) in [5.74, 6) is 0.0156. The fourth-order valence-corrected chi connectivity index (χ4v) is 2.39. The molecule has 0 atom stereocenters. The van der Waals surface area contributed by atoms with E-state index in [1.165, 1.54) is 0 Å². The van der Waals surface area contributed by atoms with Crippen LogP contribution in [0.2, 0.25) is 0 Å². The quantitative estimate of drug-likeness (QED) is 0.853. The second-order valence-corrected chi connectivity index (χ2v) is 5.36. The van der Waals surface area contributed by atoms with Crippen LogP contribution in [-0.4, -0.2) is 35.1 Å². The Balaban J connectivity index is 1.94. The number of carbonyl (C=O) groups is 1. The summed E-state index contributed by atoms with van der Waals surface area (Å²) in [7, 11) is 0. The molecule has 0 unspecified atom stereocenters. The minimum absolute atomic E-state index is 0.0156. The molecule has 0 bridgehead atoms. The van der Waals surface area contributed by atoms with E-state index in [-0.39, 0.29) is 12.0 Å². The van der Waals surface area contributed by atoms with Gasteiger partial charge in [-0.2, -0.15) is 0 Å². The van der Waals surface area contributed by atoms with E-state index in [9.17, 15) is 9.90 Å². The summed E-state index contributed by atoms with van der Waals surface area (Å²) in [6, 6.07) is 7.80. The molecule has 1 saturated heterocycles. The van der Waals surface area contributed by atoms with Crippen molar-refractivity contribution in [3.63, 3.8) is 0 Å². The number of hydrogen-bond acceptors (Lipinski definition) is 2. The van der Waals surface area contributed by atoms with Gasteiger partial charge in [0.15, 0.2) is 0 Å². The molecule has 18 heavy (non-hydrogen) atoms. The van der Waals surface area contributed by atoms with E-state index in [4.69, 9.17) is 0 Å². The van der Waals surface area contributed by atoms with Gasteiger partial charge in [0.25, 0.3) is 0 Å². The minimum Gasteiger partial charge on any atom is -0.393 e. The van der Waals surface area contributed by atoms with Gasteiger partial charge in [0.1, 0.15) is 0 Å². The van der Waals surface area contributed by atoms with Crippen LogP contribution in [-0.2, 0) is 4.79 Å². The second-order valence-electron chi connectivity index (χ2n) is 4.44. The number of piperidine rings is 1. The Labute approximate surface area is 115 Å². The summed E-state index contributed by atoms with van der Waals surface area (Å²) in [6.07, 6.45) is 4.52. The van der Waals surface area contributed by atoms with Crippen molar-refractivity contribution in [1.29, 1.82) is 0 Å². The van der Waals surface area contributed by atoms with E-state index in [0.29, 0.717) is 25.9 Å². The Bertz CT molecular complexity index is 451. The topological polar surface area (TPSA) is 40.5 Å². The van der Waals surface area contributed by atoms with Crippen molar-refractivity contribution in [3.05, 3.63) is 40.4 Å². The van der Waals surface area contributed by atoms with Crippen LogP contribution in [0.4, 0.5) is 0 Å². The molecule has 1 aromatic rings. The Kier molecular flexibility index (Phi) is 4.55. The van der Waals surface area contributed by atoms with Gasteiger partial charge >= 0.3 is 0 Å². The molecule has 3 nitrogen and oxygen atoms in total.